The van der Waals surface area contributed by atoms with Crippen LogP contribution in [0.25, 0.3) is 27.8 Å². The molecule has 0 saturated heterocycles. The lowest BCUT2D eigenvalue weighted by atomic mass is 10.1. The van der Waals surface area contributed by atoms with Crippen molar-refractivity contribution in [2.45, 2.75) is 13.0 Å². The van der Waals surface area contributed by atoms with Crippen LogP contribution in [-0.4, -0.2) is 56.5 Å². The highest BCUT2D eigenvalue weighted by Gasteiger charge is 2.23. The molecule has 240 valence electrons. The predicted octanol–water partition coefficient (Wildman–Crippen LogP) is 3.12. The van der Waals surface area contributed by atoms with Crippen LogP contribution in [0.4, 0.5) is 11.5 Å². The van der Waals surface area contributed by atoms with E-state index in [1.54, 1.807) is 67.4 Å². The summed E-state index contributed by atoms with van der Waals surface area (Å²) in [6.07, 6.45) is 9.34. The van der Waals surface area contributed by atoms with Crippen molar-refractivity contribution >= 4 is 43.9 Å². The number of aryl methyl sites for hydroxylation is 1. The van der Waals surface area contributed by atoms with E-state index in [0.717, 1.165) is 0 Å². The third-order valence-electron chi connectivity index (χ3n) is 7.10. The fraction of sp³-hybridized carbons (Fsp3) is 0.118. The van der Waals surface area contributed by atoms with Gasteiger partial charge in [-0.2, -0.15) is 5.10 Å². The van der Waals surface area contributed by atoms with Crippen LogP contribution in [0.2, 0.25) is 0 Å². The number of nitrogens with two attached hydrogens (primary N) is 1. The van der Waals surface area contributed by atoms with Crippen molar-refractivity contribution in [3.8, 4) is 28.8 Å². The highest BCUT2D eigenvalue weighted by molar-refractivity contribution is 8.00. The summed E-state index contributed by atoms with van der Waals surface area (Å²) in [7, 11) is -0.750. The van der Waals surface area contributed by atoms with Gasteiger partial charge in [0.25, 0.3) is 11.5 Å². The highest BCUT2D eigenvalue weighted by atomic mass is 32.2. The first-order valence-electron chi connectivity index (χ1n) is 14.6. The van der Waals surface area contributed by atoms with Gasteiger partial charge in [-0.1, -0.05) is 36.1 Å². The smallest absolute Gasteiger partial charge is 0.274 e. The number of nitrogens with one attached hydrogen (secondary N) is 2. The van der Waals surface area contributed by atoms with Crippen LogP contribution < -0.4 is 21.3 Å². The van der Waals surface area contributed by atoms with E-state index in [-0.39, 0.29) is 22.9 Å². The average Bonchev–Trinajstić information content (AvgIpc) is 3.48. The van der Waals surface area contributed by atoms with E-state index < -0.39 is 21.7 Å². The van der Waals surface area contributed by atoms with Gasteiger partial charge < -0.3 is 15.8 Å². The number of aromatic nitrogens is 7. The molecule has 0 saturated carbocycles. The number of benzene rings is 2. The number of fused-ring (bicyclic) bond motifs is 1. The summed E-state index contributed by atoms with van der Waals surface area (Å²) < 4.78 is 18.0. The lowest BCUT2D eigenvalue weighted by Crippen LogP contribution is -2.34. The molecule has 6 aromatic rings. The second-order valence-corrected chi connectivity index (χ2v) is 13.3. The van der Waals surface area contributed by atoms with Gasteiger partial charge in [-0.25, -0.2) is 19.2 Å². The van der Waals surface area contributed by atoms with E-state index in [0.29, 0.717) is 44.7 Å². The molecule has 4 N–H and O–H groups in total. The molecule has 13 nitrogen and oxygen atoms in total. The third kappa shape index (κ3) is 6.76. The Morgan fingerprint density at radius 3 is 2.56 bits per heavy atom. The zero-order chi connectivity index (χ0) is 34.0. The molecular formula is C34H30N10O3S. The molecule has 6 rings (SSSR count). The average molecular weight is 659 g/mol. The Labute approximate surface area is 276 Å². The van der Waals surface area contributed by atoms with Crippen LogP contribution >= 0.6 is 0 Å². The van der Waals surface area contributed by atoms with E-state index in [2.05, 4.69) is 47.8 Å². The Hall–Kier alpha value is -6.33. The number of carbonyl (C=O) groups excluding carboxylic acids is 1. The molecule has 0 radical (unpaired) electrons. The molecule has 1 amide bonds. The summed E-state index contributed by atoms with van der Waals surface area (Å²) in [5, 5.41) is 7.37. The Morgan fingerprint density at radius 1 is 1.04 bits per heavy atom. The Morgan fingerprint density at radius 2 is 1.83 bits per heavy atom. The molecule has 14 heteroatoms. The quantitative estimate of drug-likeness (QED) is 0.172. The number of pyridine rings is 1. The first-order valence-corrected chi connectivity index (χ1v) is 16.7. The zero-order valence-corrected chi connectivity index (χ0v) is 27.0. The maximum absolute atomic E-state index is 14.3. The third-order valence-corrected chi connectivity index (χ3v) is 7.77. The minimum absolute atomic E-state index is 0.0937. The largest absolute Gasteiger partial charge is 0.382 e. The molecule has 0 fully saturated rings. The number of anilines is 2. The summed E-state index contributed by atoms with van der Waals surface area (Å²) in [6, 6.07) is 15.2. The number of nitrogen functional groups attached to an aromatic ring is 1. The normalized spacial score (nSPS) is 12.8. The van der Waals surface area contributed by atoms with Gasteiger partial charge in [-0.15, -0.1) is 0 Å². The molecule has 1 unspecified atom stereocenters. The summed E-state index contributed by atoms with van der Waals surface area (Å²) >= 11 is 0. The number of carbonyl (C=O) groups is 1. The van der Waals surface area contributed by atoms with Crippen LogP contribution in [-0.2, 0) is 16.8 Å². The lowest BCUT2D eigenvalue weighted by molar-refractivity contribution is 0.0933. The van der Waals surface area contributed by atoms with Crippen LogP contribution in [0.5, 0.6) is 0 Å². The minimum Gasteiger partial charge on any atom is -0.382 e. The molecule has 48 heavy (non-hydrogen) atoms. The fourth-order valence-electron chi connectivity index (χ4n) is 5.01. The van der Waals surface area contributed by atoms with Gasteiger partial charge >= 0.3 is 0 Å². The number of amides is 1. The van der Waals surface area contributed by atoms with Crippen LogP contribution in [0, 0.1) is 11.8 Å². The molecule has 2 atom stereocenters. The van der Waals surface area contributed by atoms with Crippen LogP contribution in [0.1, 0.15) is 40.4 Å². The van der Waals surface area contributed by atoms with Crippen molar-refractivity contribution in [2.75, 3.05) is 16.7 Å². The summed E-state index contributed by atoms with van der Waals surface area (Å²) in [4.78, 5) is 45.6. The molecule has 0 aliphatic heterocycles. The van der Waals surface area contributed by atoms with Gasteiger partial charge in [0, 0.05) is 46.5 Å². The topological polar surface area (TPSA) is 176 Å². The number of para-hydroxylation sites is 1. The zero-order valence-electron chi connectivity index (χ0n) is 26.2. The Kier molecular flexibility index (Phi) is 8.45. The highest BCUT2D eigenvalue weighted by Crippen LogP contribution is 2.23. The molecular weight excluding hydrogens is 629 g/mol. The van der Waals surface area contributed by atoms with Crippen molar-refractivity contribution in [1.29, 1.82) is 0 Å². The maximum atomic E-state index is 14.3. The van der Waals surface area contributed by atoms with E-state index in [1.807, 2.05) is 18.2 Å². The number of hydrogen-bond donors (Lipinski definition) is 3. The lowest BCUT2D eigenvalue weighted by Gasteiger charge is -2.20. The predicted molar refractivity (Wildman–Crippen MR) is 187 cm³/mol. The summed E-state index contributed by atoms with van der Waals surface area (Å²) in [5.74, 6) is 9.32. The summed E-state index contributed by atoms with van der Waals surface area (Å²) in [6.45, 7) is 1.71. The Bertz CT molecular complexity index is 2430. The van der Waals surface area contributed by atoms with Crippen LogP contribution in [0.15, 0.2) is 90.4 Å². The van der Waals surface area contributed by atoms with Crippen molar-refractivity contribution < 1.29 is 9.00 Å². The molecule has 0 spiro atoms. The van der Waals surface area contributed by atoms with Crippen molar-refractivity contribution in [3.63, 3.8) is 0 Å². The molecule has 2 aromatic carbocycles. The number of hydrogen-bond acceptors (Lipinski definition) is 9. The van der Waals surface area contributed by atoms with Gasteiger partial charge in [0.1, 0.15) is 5.82 Å². The second kappa shape index (κ2) is 12.8. The SMILES string of the molecule is C=S(C)(=O)Nc1cncc(-c2cnc(N)c(C(=O)N[C@H](C)c3nc4cccc(C#Cc5cnn(C)c5)c4c(=O)n3-c3ccccc3)n2)c1. The van der Waals surface area contributed by atoms with E-state index in [4.69, 9.17) is 10.7 Å². The van der Waals surface area contributed by atoms with Gasteiger partial charge in [0.05, 0.1) is 58.2 Å². The van der Waals surface area contributed by atoms with E-state index >= 15 is 0 Å². The maximum Gasteiger partial charge on any atom is 0.274 e. The Balaban J connectivity index is 1.38. The monoisotopic (exact) mass is 658 g/mol. The van der Waals surface area contributed by atoms with E-state index in [1.165, 1.54) is 29.4 Å². The van der Waals surface area contributed by atoms with Gasteiger partial charge in [-0.05, 0) is 43.1 Å². The summed E-state index contributed by atoms with van der Waals surface area (Å²) in [5.41, 5.74) is 9.10. The molecule has 4 heterocycles. The molecule has 0 bridgehead atoms. The van der Waals surface area contributed by atoms with Crippen LogP contribution in [0.3, 0.4) is 0 Å². The molecule has 4 aromatic heterocycles. The fourth-order valence-corrected chi connectivity index (χ4v) is 5.62. The minimum atomic E-state index is -2.55. The van der Waals surface area contributed by atoms with Crippen molar-refractivity contribution in [3.05, 3.63) is 119 Å². The van der Waals surface area contributed by atoms with E-state index in [9.17, 15) is 13.8 Å². The second-order valence-electron chi connectivity index (χ2n) is 11.1. The van der Waals surface area contributed by atoms with Gasteiger partial charge in [0.2, 0.25) is 0 Å². The van der Waals surface area contributed by atoms with Gasteiger partial charge in [0.15, 0.2) is 11.5 Å². The standard InChI is InChI=1S/C34H30N10O3S/c1-21(39-33(45)30-31(35)37-19-28(40-30)24-15-25(18-36-17-24)42-48(3,4)47)32-41-27-12-8-9-23(14-13-22-16-38-43(2)20-22)29(27)34(46)44(32)26-10-6-5-7-11-26/h5-12,15-21H,3H2,1-2,4H3,(H2,35,37)(H,39,45)(H,42,47)/t21-,48?/m1/s1. The first-order chi connectivity index (χ1) is 23.0. The molecule has 0 aliphatic rings. The first kappa shape index (κ1) is 31.6. The number of rotatable bonds is 7. The number of nitrogens with zero attached hydrogens (tertiary/aromatic N) is 7. The van der Waals surface area contributed by atoms with Gasteiger partial charge in [-0.3, -0.25) is 23.8 Å². The van der Waals surface area contributed by atoms with Crippen molar-refractivity contribution in [1.82, 2.24) is 39.6 Å². The van der Waals surface area contributed by atoms with Crippen molar-refractivity contribution in [2.24, 2.45) is 7.05 Å². The molecule has 0 aliphatic carbocycles.